The minimum atomic E-state index is -0.313. The van der Waals surface area contributed by atoms with Crippen LogP contribution in [0.2, 0.25) is 0 Å². The molecule has 9 heteroatoms. The molecule has 1 amide bonds. The van der Waals surface area contributed by atoms with Crippen molar-refractivity contribution in [2.24, 2.45) is 0 Å². The van der Waals surface area contributed by atoms with Gasteiger partial charge in [0.1, 0.15) is 0 Å². The number of nitrogens with zero attached hydrogens (tertiary/aromatic N) is 3. The van der Waals surface area contributed by atoms with Crippen molar-refractivity contribution in [2.45, 2.75) is 20.0 Å². The largest absolute Gasteiger partial charge is 0.395 e. The molecule has 5 aromatic rings. The first-order valence-corrected chi connectivity index (χ1v) is 12.6. The second-order valence-electron chi connectivity index (χ2n) is 9.19. The van der Waals surface area contributed by atoms with Gasteiger partial charge in [-0.2, -0.15) is 5.10 Å². The van der Waals surface area contributed by atoms with E-state index in [0.29, 0.717) is 35.6 Å². The van der Waals surface area contributed by atoms with Crippen molar-refractivity contribution in [2.75, 3.05) is 25.0 Å². The van der Waals surface area contributed by atoms with E-state index < -0.39 is 0 Å². The number of H-pyrrole nitrogens is 2. The number of nitrogens with one attached hydrogen (secondary N) is 3. The number of fused-ring (bicyclic) bond motifs is 1. The predicted molar refractivity (Wildman–Crippen MR) is 148 cm³/mol. The maximum absolute atomic E-state index is 12.9. The number of aromatic amines is 2. The molecule has 0 spiro atoms. The minimum absolute atomic E-state index is 0.121. The third-order valence-electron chi connectivity index (χ3n) is 6.49. The van der Waals surface area contributed by atoms with Gasteiger partial charge in [-0.15, -0.1) is 0 Å². The van der Waals surface area contributed by atoms with E-state index in [1.54, 1.807) is 16.9 Å². The molecule has 0 unspecified atom stereocenters. The Balaban J connectivity index is 1.33. The van der Waals surface area contributed by atoms with Crippen molar-refractivity contribution < 1.29 is 9.90 Å². The summed E-state index contributed by atoms with van der Waals surface area (Å²) in [6.07, 6.45) is 4.71. The summed E-state index contributed by atoms with van der Waals surface area (Å²) in [5, 5.41) is 17.4. The number of pyridine rings is 1. The number of aromatic nitrogens is 4. The smallest absolute Gasteiger partial charge is 0.258 e. The van der Waals surface area contributed by atoms with Crippen LogP contribution in [-0.4, -0.2) is 55.4 Å². The summed E-state index contributed by atoms with van der Waals surface area (Å²) in [5.41, 5.74) is 4.85. The minimum Gasteiger partial charge on any atom is -0.395 e. The molecule has 0 aliphatic heterocycles. The molecular weight excluding hydrogens is 480 g/mol. The van der Waals surface area contributed by atoms with E-state index in [1.807, 2.05) is 48.5 Å². The molecule has 0 bridgehead atoms. The van der Waals surface area contributed by atoms with Crippen molar-refractivity contribution in [1.29, 1.82) is 0 Å². The third kappa shape index (κ3) is 5.74. The number of carbonyl (C=O) groups is 1. The van der Waals surface area contributed by atoms with Crippen molar-refractivity contribution in [3.8, 4) is 11.3 Å². The maximum Gasteiger partial charge on any atom is 0.258 e. The zero-order valence-corrected chi connectivity index (χ0v) is 21.1. The van der Waals surface area contributed by atoms with E-state index in [2.05, 4.69) is 38.3 Å². The Kier molecular flexibility index (Phi) is 7.48. The predicted octanol–water partition coefficient (Wildman–Crippen LogP) is 3.83. The van der Waals surface area contributed by atoms with E-state index in [4.69, 9.17) is 0 Å². The second-order valence-corrected chi connectivity index (χ2v) is 9.19. The van der Waals surface area contributed by atoms with Gasteiger partial charge in [0.15, 0.2) is 0 Å². The number of anilines is 1. The fraction of sp³-hybridized carbons (Fsp3) is 0.207. The molecule has 2 aromatic carbocycles. The number of amides is 1. The van der Waals surface area contributed by atoms with Crippen LogP contribution in [0.25, 0.3) is 22.2 Å². The van der Waals surface area contributed by atoms with Crippen molar-refractivity contribution in [3.05, 3.63) is 106 Å². The van der Waals surface area contributed by atoms with Crippen molar-refractivity contribution in [3.63, 3.8) is 0 Å². The van der Waals surface area contributed by atoms with E-state index in [9.17, 15) is 14.7 Å². The maximum atomic E-state index is 12.9. The lowest BCUT2D eigenvalue weighted by Crippen LogP contribution is -2.25. The van der Waals surface area contributed by atoms with Crippen LogP contribution in [0, 0.1) is 0 Å². The molecule has 38 heavy (non-hydrogen) atoms. The molecule has 0 saturated heterocycles. The van der Waals surface area contributed by atoms with Crippen LogP contribution >= 0.6 is 0 Å². The Morgan fingerprint density at radius 2 is 1.95 bits per heavy atom. The summed E-state index contributed by atoms with van der Waals surface area (Å²) >= 11 is 0. The van der Waals surface area contributed by atoms with E-state index in [0.717, 1.165) is 35.1 Å². The van der Waals surface area contributed by atoms with Crippen LogP contribution in [0.15, 0.2) is 84.0 Å². The van der Waals surface area contributed by atoms with Gasteiger partial charge in [0.05, 0.1) is 41.9 Å². The van der Waals surface area contributed by atoms with Gasteiger partial charge in [0.2, 0.25) is 0 Å². The van der Waals surface area contributed by atoms with Crippen molar-refractivity contribution in [1.82, 2.24) is 24.6 Å². The van der Waals surface area contributed by atoms with Crippen LogP contribution in [-0.2, 0) is 13.1 Å². The molecule has 5 rings (SSSR count). The second kappa shape index (κ2) is 11.3. The number of rotatable bonds is 10. The fourth-order valence-corrected chi connectivity index (χ4v) is 4.47. The van der Waals surface area contributed by atoms with Gasteiger partial charge < -0.3 is 20.4 Å². The number of aliphatic hydroxyl groups excluding tert-OH is 1. The Bertz CT molecular complexity index is 1600. The molecule has 194 valence electrons. The topological polar surface area (TPSA) is 119 Å². The van der Waals surface area contributed by atoms with Gasteiger partial charge in [-0.05, 0) is 41.9 Å². The van der Waals surface area contributed by atoms with Gasteiger partial charge in [-0.25, -0.2) is 0 Å². The Morgan fingerprint density at radius 1 is 1.11 bits per heavy atom. The van der Waals surface area contributed by atoms with Gasteiger partial charge >= 0.3 is 0 Å². The molecule has 9 nitrogen and oxygen atoms in total. The zero-order valence-electron chi connectivity index (χ0n) is 21.1. The Labute approximate surface area is 219 Å². The van der Waals surface area contributed by atoms with Crippen LogP contribution in [0.5, 0.6) is 0 Å². The lowest BCUT2D eigenvalue weighted by molar-refractivity contribution is 0.102. The molecule has 0 atom stereocenters. The summed E-state index contributed by atoms with van der Waals surface area (Å²) in [4.78, 5) is 33.7. The van der Waals surface area contributed by atoms with Gasteiger partial charge in [0.25, 0.3) is 11.5 Å². The van der Waals surface area contributed by atoms with Crippen LogP contribution < -0.4 is 10.9 Å². The standard InChI is InChI=1S/C29H30N6O3/c1-2-34(10-11-36)17-21-8-9-26-22(12-21)13-27(33-26)25-14-24(16-30-29(25)38)32-28(37)23-15-31-35(19-23)18-20-6-4-3-5-7-20/h3-9,12-16,19,33,36H,2,10-11,17-18H2,1H3,(H,30,38)(H,32,37). The molecule has 4 N–H and O–H groups in total. The summed E-state index contributed by atoms with van der Waals surface area (Å²) in [5.74, 6) is -0.313. The number of carbonyl (C=O) groups excluding carboxylic acids is 1. The number of hydrogen-bond donors (Lipinski definition) is 4. The monoisotopic (exact) mass is 510 g/mol. The van der Waals surface area contributed by atoms with E-state index in [-0.39, 0.29) is 18.1 Å². The third-order valence-corrected chi connectivity index (χ3v) is 6.49. The average Bonchev–Trinajstić information content (AvgIpc) is 3.57. The molecule has 0 radical (unpaired) electrons. The molecule has 0 saturated carbocycles. The highest BCUT2D eigenvalue weighted by molar-refractivity contribution is 6.04. The number of likely N-dealkylation sites (N-methyl/N-ethyl adjacent to an activating group) is 1. The SMILES string of the molecule is CCN(CCO)Cc1ccc2[nH]c(-c3cc(NC(=O)c4cnn(Cc5ccccc5)c4)c[nH]c3=O)cc2c1. The highest BCUT2D eigenvalue weighted by Gasteiger charge is 2.13. The zero-order chi connectivity index (χ0) is 26.5. The quantitative estimate of drug-likeness (QED) is 0.228. The summed E-state index contributed by atoms with van der Waals surface area (Å²) in [7, 11) is 0. The highest BCUT2D eigenvalue weighted by Crippen LogP contribution is 2.25. The first kappa shape index (κ1) is 25.2. The molecule has 0 fully saturated rings. The van der Waals surface area contributed by atoms with Crippen LogP contribution in [0.3, 0.4) is 0 Å². The summed E-state index contributed by atoms with van der Waals surface area (Å²) in [6, 6.07) is 19.6. The molecule has 0 aliphatic rings. The lowest BCUT2D eigenvalue weighted by Gasteiger charge is -2.19. The van der Waals surface area contributed by atoms with Crippen LogP contribution in [0.4, 0.5) is 5.69 Å². The van der Waals surface area contributed by atoms with E-state index in [1.165, 1.54) is 12.4 Å². The number of benzene rings is 2. The van der Waals surface area contributed by atoms with Gasteiger partial charge in [0, 0.05) is 36.4 Å². The fourth-order valence-electron chi connectivity index (χ4n) is 4.47. The molecule has 3 aromatic heterocycles. The highest BCUT2D eigenvalue weighted by atomic mass is 16.3. The lowest BCUT2D eigenvalue weighted by atomic mass is 10.1. The molecular formula is C29H30N6O3. The number of hydrogen-bond acceptors (Lipinski definition) is 5. The average molecular weight is 511 g/mol. The van der Waals surface area contributed by atoms with Gasteiger partial charge in [-0.1, -0.05) is 43.3 Å². The first-order valence-electron chi connectivity index (χ1n) is 12.6. The van der Waals surface area contributed by atoms with Crippen LogP contribution in [0.1, 0.15) is 28.4 Å². The Hall–Kier alpha value is -4.47. The normalized spacial score (nSPS) is 11.3. The number of aliphatic hydroxyl groups is 1. The van der Waals surface area contributed by atoms with Gasteiger partial charge in [-0.3, -0.25) is 19.2 Å². The summed E-state index contributed by atoms with van der Waals surface area (Å²) in [6.45, 7) is 4.95. The molecule has 0 aliphatic carbocycles. The first-order chi connectivity index (χ1) is 18.5. The van der Waals surface area contributed by atoms with Crippen molar-refractivity contribution >= 4 is 22.5 Å². The Morgan fingerprint density at radius 3 is 2.74 bits per heavy atom. The molecule has 3 heterocycles. The van der Waals surface area contributed by atoms with E-state index >= 15 is 0 Å². The summed E-state index contributed by atoms with van der Waals surface area (Å²) < 4.78 is 1.71.